The second-order valence-electron chi connectivity index (χ2n) is 32.4. The minimum atomic E-state index is -1.98. The summed E-state index contributed by atoms with van der Waals surface area (Å²) in [4.78, 5) is 13.5. The second kappa shape index (κ2) is 72.7. The summed E-state index contributed by atoms with van der Waals surface area (Å²) in [5.41, 5.74) is 0. The van der Waals surface area contributed by atoms with Gasteiger partial charge in [0.1, 0.15) is 73.2 Å². The van der Waals surface area contributed by atoms with Crippen LogP contribution < -0.4 is 5.32 Å². The van der Waals surface area contributed by atoms with E-state index in [-0.39, 0.29) is 18.9 Å². The highest BCUT2D eigenvalue weighted by atomic mass is 16.8. The lowest BCUT2D eigenvalue weighted by Gasteiger charge is -2.48. The van der Waals surface area contributed by atoms with Crippen LogP contribution in [0, 0.1) is 0 Å². The highest BCUT2D eigenvalue weighted by molar-refractivity contribution is 5.76. The molecule has 0 spiro atoms. The Kier molecular flexibility index (Phi) is 66.8. The van der Waals surface area contributed by atoms with Gasteiger partial charge in [-0.15, -0.1) is 0 Å². The smallest absolute Gasteiger partial charge is 0.220 e. The van der Waals surface area contributed by atoms with Crippen molar-refractivity contribution in [2.45, 2.75) is 465 Å². The molecule has 0 bridgehead atoms. The van der Waals surface area contributed by atoms with Crippen molar-refractivity contribution >= 4 is 5.91 Å². The van der Waals surface area contributed by atoms with Gasteiger partial charge in [0.15, 0.2) is 18.9 Å². The van der Waals surface area contributed by atoms with Crippen LogP contribution in [0.25, 0.3) is 0 Å². The zero-order chi connectivity index (χ0) is 81.7. The van der Waals surface area contributed by atoms with Crippen molar-refractivity contribution in [2.75, 3.05) is 26.4 Å². The van der Waals surface area contributed by atoms with Crippen LogP contribution in [0.5, 0.6) is 0 Å². The van der Waals surface area contributed by atoms with Gasteiger partial charge >= 0.3 is 0 Å². The highest BCUT2D eigenvalue weighted by Gasteiger charge is 2.54. The van der Waals surface area contributed by atoms with E-state index in [1.165, 1.54) is 238 Å². The number of unbranched alkanes of at least 4 members (excludes halogenated alkanes) is 44. The summed E-state index contributed by atoms with van der Waals surface area (Å²) in [7, 11) is 0. The summed E-state index contributed by atoms with van der Waals surface area (Å²) in [6, 6.07) is -0.980. The van der Waals surface area contributed by atoms with Crippen LogP contribution in [0.1, 0.15) is 361 Å². The van der Waals surface area contributed by atoms with E-state index in [4.69, 9.17) is 28.4 Å². The van der Waals surface area contributed by atoms with E-state index in [1.807, 2.05) is 6.08 Å². The third-order valence-electron chi connectivity index (χ3n) is 22.4. The molecule has 3 aliphatic rings. The molecule has 0 radical (unpaired) electrons. The summed E-state index contributed by atoms with van der Waals surface area (Å²) < 4.78 is 34.5. The first-order valence-electron chi connectivity index (χ1n) is 46.0. The number of rotatable bonds is 74. The van der Waals surface area contributed by atoms with Crippen molar-refractivity contribution in [3.63, 3.8) is 0 Å². The Balaban J connectivity index is 1.32. The molecule has 3 heterocycles. The van der Waals surface area contributed by atoms with E-state index in [9.17, 15) is 61.0 Å². The van der Waals surface area contributed by atoms with Crippen molar-refractivity contribution in [1.82, 2.24) is 5.32 Å². The van der Waals surface area contributed by atoms with Gasteiger partial charge in [0.2, 0.25) is 5.91 Å². The average molecular weight is 1600 g/mol. The maximum Gasteiger partial charge on any atom is 0.220 e. The quantitative estimate of drug-likeness (QED) is 0.0199. The van der Waals surface area contributed by atoms with Crippen molar-refractivity contribution in [2.24, 2.45) is 0 Å². The monoisotopic (exact) mass is 1600 g/mol. The van der Waals surface area contributed by atoms with Crippen molar-refractivity contribution in [3.8, 4) is 0 Å². The van der Waals surface area contributed by atoms with Crippen LogP contribution >= 0.6 is 0 Å². The molecule has 3 fully saturated rings. The van der Waals surface area contributed by atoms with E-state index in [2.05, 4.69) is 104 Å². The lowest BCUT2D eigenvalue weighted by molar-refractivity contribution is -0.379. The van der Waals surface area contributed by atoms with Crippen molar-refractivity contribution in [1.29, 1.82) is 0 Å². The number of hydrogen-bond donors (Lipinski definition) is 12. The van der Waals surface area contributed by atoms with E-state index in [0.717, 1.165) is 96.3 Å². The van der Waals surface area contributed by atoms with E-state index < -0.39 is 124 Å². The van der Waals surface area contributed by atoms with Crippen molar-refractivity contribution in [3.05, 3.63) is 97.2 Å². The molecular weight excluding hydrogens is 1430 g/mol. The lowest BCUT2D eigenvalue weighted by atomic mass is 9.96. The number of allylic oxidation sites excluding steroid dienone is 15. The number of ether oxygens (including phenoxy) is 6. The predicted octanol–water partition coefficient (Wildman–Crippen LogP) is 17.9. The van der Waals surface area contributed by atoms with Crippen LogP contribution in [-0.4, -0.2) is 193 Å². The Morgan fingerprint density at radius 2 is 0.611 bits per heavy atom. The molecule has 3 saturated heterocycles. The van der Waals surface area contributed by atoms with E-state index in [1.54, 1.807) is 6.08 Å². The molecule has 0 aliphatic carbocycles. The van der Waals surface area contributed by atoms with Gasteiger partial charge in [-0.25, -0.2) is 0 Å². The Morgan fingerprint density at radius 3 is 0.956 bits per heavy atom. The number of aliphatic hydroxyl groups excluding tert-OH is 11. The molecule has 0 saturated carbocycles. The molecule has 17 atom stereocenters. The van der Waals surface area contributed by atoms with E-state index >= 15 is 0 Å². The normalized spacial score (nSPS) is 25.3. The maximum absolute atomic E-state index is 13.5. The Hall–Kier alpha value is -3.29. The zero-order valence-corrected chi connectivity index (χ0v) is 70.8. The molecular formula is C94H167NO18. The van der Waals surface area contributed by atoms with Crippen LogP contribution in [0.4, 0.5) is 0 Å². The average Bonchev–Trinajstić information content (AvgIpc) is 0.779. The fourth-order valence-corrected chi connectivity index (χ4v) is 15.1. The molecule has 12 N–H and O–H groups in total. The standard InChI is InChI=1S/C94H167NO18/c1-3-5-7-9-11-13-15-17-19-21-23-25-27-29-31-33-35-36-37-38-39-40-42-44-46-48-50-52-54-56-58-60-62-64-66-68-70-72-82(100)95-77(78(99)71-69-67-65-63-61-59-57-55-53-51-49-47-45-43-41-34-32-30-28-26-24-22-20-18-16-14-12-10-8-6-4-2)76-108-92-88(106)85(103)90(80(74-97)110-92)113-94-89(107)86(104)91(81(75-98)111-94)112-93-87(105)84(102)83(101)79(73-96)109-93/h5,7,11,13,17,19,23,25,29,31,35-36,38-39,69,71,77-81,83-94,96-99,101-107H,3-4,6,8-10,12,14-16,18,20-22,24,26-28,30,32-34,37,40-68,70,72-76H2,1-2H3,(H,95,100)/b7-5-,13-11-,19-17-,25-23-,31-29-,36-35-,39-38-,71-69+. The summed E-state index contributed by atoms with van der Waals surface area (Å²) in [6.07, 6.45) is 74.1. The number of hydrogen-bond acceptors (Lipinski definition) is 18. The molecule has 17 unspecified atom stereocenters. The molecule has 0 aromatic heterocycles. The molecule has 113 heavy (non-hydrogen) atoms. The molecule has 19 nitrogen and oxygen atoms in total. The van der Waals surface area contributed by atoms with Crippen LogP contribution in [0.2, 0.25) is 0 Å². The molecule has 0 aromatic rings. The van der Waals surface area contributed by atoms with Crippen molar-refractivity contribution < 1.29 is 89.4 Å². The molecule has 3 rings (SSSR count). The van der Waals surface area contributed by atoms with Crippen LogP contribution in [0.15, 0.2) is 97.2 Å². The molecule has 1 amide bonds. The predicted molar refractivity (Wildman–Crippen MR) is 457 cm³/mol. The first-order valence-corrected chi connectivity index (χ1v) is 46.0. The molecule has 19 heteroatoms. The first kappa shape index (κ1) is 104. The minimum Gasteiger partial charge on any atom is -0.394 e. The minimum absolute atomic E-state index is 0.240. The number of carbonyl (C=O) groups is 1. The summed E-state index contributed by atoms with van der Waals surface area (Å²) in [6.45, 7) is 1.67. The molecule has 0 aromatic carbocycles. The van der Waals surface area contributed by atoms with Gasteiger partial charge in [-0.2, -0.15) is 0 Å². The van der Waals surface area contributed by atoms with Gasteiger partial charge in [-0.1, -0.05) is 374 Å². The molecule has 3 aliphatic heterocycles. The number of aliphatic hydroxyl groups is 11. The van der Waals surface area contributed by atoms with Gasteiger partial charge in [-0.05, 0) is 77.0 Å². The lowest BCUT2D eigenvalue weighted by Crippen LogP contribution is -2.66. The van der Waals surface area contributed by atoms with Crippen LogP contribution in [-0.2, 0) is 33.2 Å². The summed E-state index contributed by atoms with van der Waals surface area (Å²) in [5.74, 6) is -0.274. The summed E-state index contributed by atoms with van der Waals surface area (Å²) in [5, 5.41) is 121. The molecule has 656 valence electrons. The SMILES string of the molecule is CC/C=C\C/C=C\C/C=C\C/C=C\C/C=C\C/C=C\C/C=C\CCCCCCCCCCCCCCCCCC(=O)NC(COC1OC(CO)C(OC2OC(CO)C(OC3OC(CO)C(O)C(O)C3O)C(O)C2O)C(O)C1O)C(O)/C=C/CCCCCCCCCCCCCCCCCCCCCCCCCCCCCCC. The van der Waals surface area contributed by atoms with Gasteiger partial charge < -0.3 is 89.9 Å². The summed E-state index contributed by atoms with van der Waals surface area (Å²) >= 11 is 0. The topological polar surface area (TPSA) is 307 Å². The van der Waals surface area contributed by atoms with Gasteiger partial charge in [-0.3, -0.25) is 4.79 Å². The number of nitrogens with one attached hydrogen (secondary N) is 1. The zero-order valence-electron chi connectivity index (χ0n) is 70.8. The van der Waals surface area contributed by atoms with E-state index in [0.29, 0.717) is 6.42 Å². The highest BCUT2D eigenvalue weighted by Crippen LogP contribution is 2.34. The Labute approximate surface area is 685 Å². The third kappa shape index (κ3) is 51.1. The number of amides is 1. The number of carbonyl (C=O) groups excluding carboxylic acids is 1. The first-order chi connectivity index (χ1) is 55.3. The Bertz CT molecular complexity index is 2420. The fourth-order valence-electron chi connectivity index (χ4n) is 15.1. The largest absolute Gasteiger partial charge is 0.394 e. The Morgan fingerprint density at radius 1 is 0.327 bits per heavy atom. The maximum atomic E-state index is 13.5. The van der Waals surface area contributed by atoms with Gasteiger partial charge in [0.05, 0.1) is 38.6 Å². The fraction of sp³-hybridized carbons (Fsp3) is 0.819. The van der Waals surface area contributed by atoms with Gasteiger partial charge in [0, 0.05) is 6.42 Å². The second-order valence-corrected chi connectivity index (χ2v) is 32.4. The van der Waals surface area contributed by atoms with Crippen LogP contribution in [0.3, 0.4) is 0 Å². The third-order valence-corrected chi connectivity index (χ3v) is 22.4. The van der Waals surface area contributed by atoms with Gasteiger partial charge in [0.25, 0.3) is 0 Å².